The van der Waals surface area contributed by atoms with Crippen molar-refractivity contribution in [1.29, 1.82) is 0 Å². The van der Waals surface area contributed by atoms with Crippen molar-refractivity contribution in [3.63, 3.8) is 0 Å². The fourth-order valence-corrected chi connectivity index (χ4v) is 7.02. The highest BCUT2D eigenvalue weighted by molar-refractivity contribution is 5.58. The lowest BCUT2D eigenvalue weighted by Gasteiger charge is -2.51. The summed E-state index contributed by atoms with van der Waals surface area (Å²) in [5.41, 5.74) is 3.36. The lowest BCUT2D eigenvalue weighted by atomic mass is 9.72. The number of benzene rings is 4. The number of rotatable bonds is 8. The molecule has 0 aliphatic carbocycles. The highest BCUT2D eigenvalue weighted by Gasteiger charge is 2.38. The molecule has 2 aliphatic rings. The van der Waals surface area contributed by atoms with E-state index in [1.54, 1.807) is 0 Å². The van der Waals surface area contributed by atoms with Crippen LogP contribution in [0.15, 0.2) is 121 Å². The number of likely N-dealkylation sites (tertiary alicyclic amines) is 1. The van der Waals surface area contributed by atoms with Crippen LogP contribution in [0.5, 0.6) is 0 Å². The molecular formula is C36H41N3O. The lowest BCUT2D eigenvalue weighted by molar-refractivity contribution is -0.488. The van der Waals surface area contributed by atoms with E-state index in [2.05, 4.69) is 70.5 Å². The molecule has 0 N–H and O–H groups in total. The molecule has 2 heterocycles. The molecule has 0 saturated carbocycles. The minimum Gasteiger partial charge on any atom is -0.842 e. The third-order valence-corrected chi connectivity index (χ3v) is 9.40. The highest BCUT2D eigenvalue weighted by atomic mass is 16.3. The monoisotopic (exact) mass is 531 g/mol. The van der Waals surface area contributed by atoms with E-state index >= 15 is 0 Å². The van der Waals surface area contributed by atoms with Crippen LogP contribution in [0.2, 0.25) is 0 Å². The number of para-hydroxylation sites is 2. The van der Waals surface area contributed by atoms with Gasteiger partial charge in [0, 0.05) is 26.2 Å². The van der Waals surface area contributed by atoms with E-state index in [1.807, 2.05) is 60.7 Å². The quantitative estimate of drug-likeness (QED) is 0.275. The molecule has 40 heavy (non-hydrogen) atoms. The zero-order chi connectivity index (χ0) is 27.3. The Hall–Kier alpha value is -3.28. The van der Waals surface area contributed by atoms with Crippen molar-refractivity contribution in [3.8, 4) is 0 Å². The van der Waals surface area contributed by atoms with Crippen LogP contribution in [0.4, 0.5) is 11.4 Å². The zero-order valence-electron chi connectivity index (χ0n) is 23.4. The summed E-state index contributed by atoms with van der Waals surface area (Å²) in [6, 6.07) is 42.1. The van der Waals surface area contributed by atoms with E-state index in [1.165, 1.54) is 11.4 Å². The number of piperidine rings is 1. The molecule has 4 aromatic rings. The maximum Gasteiger partial charge on any atom is 0.137 e. The van der Waals surface area contributed by atoms with Crippen LogP contribution in [0.25, 0.3) is 0 Å². The predicted molar refractivity (Wildman–Crippen MR) is 163 cm³/mol. The molecule has 0 aromatic heterocycles. The number of piperazine rings is 1. The van der Waals surface area contributed by atoms with Crippen LogP contribution in [0.3, 0.4) is 0 Å². The molecule has 6 rings (SSSR count). The SMILES string of the molecule is [O-]C(c1ccccc1)(c1ccccc1)C1CCN(CCN2CC[N+](c3ccccc3)(c3ccccc3)CC2)CC1. The second-order valence-electron chi connectivity index (χ2n) is 11.5. The third-order valence-electron chi connectivity index (χ3n) is 9.40. The van der Waals surface area contributed by atoms with Gasteiger partial charge in [0.1, 0.15) is 24.5 Å². The molecule has 0 atom stereocenters. The van der Waals surface area contributed by atoms with Gasteiger partial charge < -0.3 is 10.0 Å². The summed E-state index contributed by atoms with van der Waals surface area (Å²) in [6.07, 6.45) is 1.88. The van der Waals surface area contributed by atoms with Gasteiger partial charge in [-0.2, -0.15) is 0 Å². The summed E-state index contributed by atoms with van der Waals surface area (Å²) >= 11 is 0. The van der Waals surface area contributed by atoms with Crippen molar-refractivity contribution in [2.24, 2.45) is 5.92 Å². The van der Waals surface area contributed by atoms with Gasteiger partial charge in [-0.25, -0.2) is 0 Å². The molecule has 4 nitrogen and oxygen atoms in total. The Bertz CT molecular complexity index is 1230. The molecular weight excluding hydrogens is 490 g/mol. The first kappa shape index (κ1) is 26.9. The topological polar surface area (TPSA) is 29.5 Å². The van der Waals surface area contributed by atoms with Gasteiger partial charge in [-0.3, -0.25) is 9.38 Å². The van der Waals surface area contributed by atoms with Gasteiger partial charge in [-0.1, -0.05) is 114 Å². The van der Waals surface area contributed by atoms with Crippen LogP contribution >= 0.6 is 0 Å². The maximum atomic E-state index is 14.6. The van der Waals surface area contributed by atoms with Crippen LogP contribution < -0.4 is 9.59 Å². The minimum absolute atomic E-state index is 0.0956. The fraction of sp³-hybridized carbons (Fsp3) is 0.333. The molecule has 206 valence electrons. The normalized spacial score (nSPS) is 18.9. The Kier molecular flexibility index (Phi) is 8.12. The van der Waals surface area contributed by atoms with Crippen molar-refractivity contribution >= 4 is 11.4 Å². The Morgan fingerprint density at radius 2 is 0.925 bits per heavy atom. The van der Waals surface area contributed by atoms with Gasteiger partial charge in [-0.05, 0) is 56.1 Å². The van der Waals surface area contributed by atoms with Crippen LogP contribution in [-0.4, -0.2) is 62.2 Å². The fourth-order valence-electron chi connectivity index (χ4n) is 7.02. The van der Waals surface area contributed by atoms with Gasteiger partial charge in [0.05, 0.1) is 0 Å². The van der Waals surface area contributed by atoms with E-state index < -0.39 is 5.60 Å². The molecule has 2 fully saturated rings. The lowest BCUT2D eigenvalue weighted by Crippen LogP contribution is -2.58. The van der Waals surface area contributed by atoms with Crippen molar-refractivity contribution < 1.29 is 5.11 Å². The van der Waals surface area contributed by atoms with Crippen LogP contribution in [0.1, 0.15) is 24.0 Å². The van der Waals surface area contributed by atoms with Gasteiger partial charge in [0.25, 0.3) is 0 Å². The number of hydrogen-bond acceptors (Lipinski definition) is 3. The van der Waals surface area contributed by atoms with Crippen molar-refractivity contribution in [1.82, 2.24) is 14.3 Å². The first-order valence-corrected chi connectivity index (χ1v) is 14.9. The predicted octanol–water partition coefficient (Wildman–Crippen LogP) is 5.66. The minimum atomic E-state index is -1.20. The Morgan fingerprint density at radius 1 is 0.550 bits per heavy atom. The summed E-state index contributed by atoms with van der Waals surface area (Å²) in [5, 5.41) is 14.6. The molecule has 0 unspecified atom stereocenters. The van der Waals surface area contributed by atoms with Gasteiger partial charge in [-0.15, -0.1) is 0 Å². The Balaban J connectivity index is 1.07. The Labute approximate surface area is 239 Å². The van der Waals surface area contributed by atoms with Gasteiger partial charge in [0.2, 0.25) is 0 Å². The summed E-state index contributed by atoms with van der Waals surface area (Å²) in [6.45, 7) is 8.51. The molecule has 0 bridgehead atoms. The molecule has 2 aliphatic heterocycles. The third kappa shape index (κ3) is 5.37. The van der Waals surface area contributed by atoms with Crippen molar-refractivity contribution in [3.05, 3.63) is 132 Å². The second-order valence-corrected chi connectivity index (χ2v) is 11.5. The first-order chi connectivity index (χ1) is 19.7. The summed E-state index contributed by atoms with van der Waals surface area (Å²) in [4.78, 5) is 5.22. The number of nitrogens with zero attached hydrogens (tertiary/aromatic N) is 3. The van der Waals surface area contributed by atoms with E-state index in [4.69, 9.17) is 0 Å². The van der Waals surface area contributed by atoms with E-state index in [0.717, 1.165) is 80.8 Å². The van der Waals surface area contributed by atoms with E-state index in [0.29, 0.717) is 0 Å². The number of hydrogen-bond donors (Lipinski definition) is 0. The Morgan fingerprint density at radius 3 is 1.35 bits per heavy atom. The summed E-state index contributed by atoms with van der Waals surface area (Å²) in [7, 11) is 0. The summed E-state index contributed by atoms with van der Waals surface area (Å²) < 4.78 is 0.925. The van der Waals surface area contributed by atoms with E-state index in [9.17, 15) is 5.11 Å². The molecule has 0 radical (unpaired) electrons. The van der Waals surface area contributed by atoms with Crippen molar-refractivity contribution in [2.45, 2.75) is 18.4 Å². The average Bonchev–Trinajstić information content (AvgIpc) is 3.05. The molecule has 4 aromatic carbocycles. The second kappa shape index (κ2) is 12.1. The van der Waals surface area contributed by atoms with Crippen LogP contribution in [0, 0.1) is 5.92 Å². The van der Waals surface area contributed by atoms with Crippen LogP contribution in [-0.2, 0) is 5.60 Å². The molecule has 4 heteroatoms. The van der Waals surface area contributed by atoms with Gasteiger partial charge >= 0.3 is 0 Å². The largest absolute Gasteiger partial charge is 0.842 e. The molecule has 2 saturated heterocycles. The first-order valence-electron chi connectivity index (χ1n) is 14.9. The average molecular weight is 532 g/mol. The van der Waals surface area contributed by atoms with E-state index in [-0.39, 0.29) is 5.92 Å². The molecule has 0 spiro atoms. The van der Waals surface area contributed by atoms with Gasteiger partial charge in [0.15, 0.2) is 0 Å². The summed E-state index contributed by atoms with van der Waals surface area (Å²) in [5.74, 6) is 0.0956. The highest BCUT2D eigenvalue weighted by Crippen LogP contribution is 2.40. The molecule has 0 amide bonds. The smallest absolute Gasteiger partial charge is 0.137 e. The standard InChI is InChI=1S/C36H41N3O/c40-36(31-13-5-1-6-14-31,32-15-7-2-8-16-32)33-21-23-37(24-22-33)25-26-38-27-29-39(30-28-38,34-17-9-3-10-18-34)35-19-11-4-12-20-35/h1-20,33H,21-30H2. The van der Waals surface area contributed by atoms with Crippen molar-refractivity contribution in [2.75, 3.05) is 52.4 Å². The maximum absolute atomic E-state index is 14.6. The zero-order valence-corrected chi connectivity index (χ0v) is 23.4. The number of quaternary nitrogens is 1.